The third kappa shape index (κ3) is 21.0. The molecule has 0 bridgehead atoms. The van der Waals surface area contributed by atoms with Crippen LogP contribution in [0.3, 0.4) is 0 Å². The molecule has 0 N–H and O–H groups in total. The lowest BCUT2D eigenvalue weighted by Crippen LogP contribution is -2.97. The van der Waals surface area contributed by atoms with E-state index in [2.05, 4.69) is 247 Å². The van der Waals surface area contributed by atoms with E-state index < -0.39 is 143 Å². The Kier molecular flexibility index (Phi) is 40.6. The van der Waals surface area contributed by atoms with E-state index in [1.807, 2.05) is 0 Å². The summed E-state index contributed by atoms with van der Waals surface area (Å²) in [4.78, 5) is 0. The fraction of sp³-hybridized carbons (Fsp3) is 0.345. The van der Waals surface area contributed by atoms with Crippen LogP contribution in [-0.2, 0) is 0 Å². The van der Waals surface area contributed by atoms with Crippen molar-refractivity contribution in [3.63, 3.8) is 0 Å². The average Bonchev–Trinajstić information content (AvgIpc) is 0.714. The quantitative estimate of drug-likeness (QED) is 0.0613. The van der Waals surface area contributed by atoms with Crippen molar-refractivity contribution in [2.75, 3.05) is 0 Å². The Bertz CT molecular complexity index is 2970. The van der Waals surface area contributed by atoms with E-state index in [-0.39, 0.29) is 98.0 Å². The van der Waals surface area contributed by atoms with E-state index in [0.29, 0.717) is 0 Å². The predicted octanol–water partition coefficient (Wildman–Crippen LogP) is -0.0120. The van der Waals surface area contributed by atoms with Crippen molar-refractivity contribution in [2.45, 2.75) is 136 Å². The van der Waals surface area contributed by atoms with Crippen molar-refractivity contribution in [3.05, 3.63) is 0 Å². The first-order chi connectivity index (χ1) is 44.7. The Labute approximate surface area is 604 Å². The molecule has 0 spiro atoms. The summed E-state index contributed by atoms with van der Waals surface area (Å²) in [6.07, 6.45) is 121. The van der Waals surface area contributed by atoms with Gasteiger partial charge in [0.05, 0.1) is 65.8 Å². The largest absolute Gasteiger partial charge is 0.266 e. The van der Waals surface area contributed by atoms with Crippen LogP contribution in [-0.4, -0.2) is 241 Å². The maximum Gasteiger partial charge on any atom is 0.266 e. The van der Waals surface area contributed by atoms with Gasteiger partial charge >= 0.3 is 0 Å². The van der Waals surface area contributed by atoms with E-state index in [4.69, 9.17) is 122 Å². The first-order valence-corrected chi connectivity index (χ1v) is 34.5. The van der Waals surface area contributed by atoms with Crippen LogP contribution in [0, 0.1) is 233 Å². The lowest BCUT2D eigenvalue weighted by molar-refractivity contribution is 2.04. The molecule has 422 valence electrons. The van der Waals surface area contributed by atoms with Gasteiger partial charge < -0.3 is 0 Å². The Morgan fingerprint density at radius 3 is 0.368 bits per heavy atom. The minimum absolute atomic E-state index is 0.00900. The molecule has 0 saturated heterocycles. The minimum Gasteiger partial charge on any atom is -0.178 e. The zero-order valence-corrected chi connectivity index (χ0v) is 61.8. The van der Waals surface area contributed by atoms with Crippen LogP contribution < -0.4 is 0 Å². The molecule has 0 saturated carbocycles. The molecule has 0 nitrogen and oxygen atoms in total. The topological polar surface area (TPSA) is 0 Å². The van der Waals surface area contributed by atoms with Gasteiger partial charge in [0.1, 0.15) is 38.6 Å². The van der Waals surface area contributed by atoms with E-state index in [0.717, 1.165) is 0 Å². The highest BCUT2D eigenvalue weighted by molar-refractivity contribution is 8.35. The summed E-state index contributed by atoms with van der Waals surface area (Å²) in [6, 6.07) is 0. The summed E-state index contributed by atoms with van der Waals surface area (Å²) < 4.78 is 0. The summed E-state index contributed by atoms with van der Waals surface area (Å²) >= 11 is 0. The van der Waals surface area contributed by atoms with Gasteiger partial charge in [0, 0.05) is 76.6 Å². The maximum atomic E-state index is 7.41. The molecule has 0 aliphatic carbocycles. The van der Waals surface area contributed by atoms with E-state index in [1.54, 1.807) is 0 Å². The Morgan fingerprint density at radius 1 is 0.116 bits per heavy atom. The second-order valence-corrected chi connectivity index (χ2v) is 30.2. The monoisotopic (exact) mass is 1180 g/mol. The summed E-state index contributed by atoms with van der Waals surface area (Å²) in [5, 5.41) is 0. The molecule has 0 rings (SSSR count). The van der Waals surface area contributed by atoms with Gasteiger partial charge in [0.25, 0.3) is 59.4 Å². The Hall–Kier alpha value is -5.96. The third-order valence-electron chi connectivity index (χ3n) is 22.1. The van der Waals surface area contributed by atoms with Crippen LogP contribution in [0.1, 0.15) is 0 Å². The van der Waals surface area contributed by atoms with Gasteiger partial charge in [-0.25, -0.2) is 0 Å². The molecule has 95 heavy (non-hydrogen) atoms. The molecular weight excluding hydrogens is 1100 g/mol. The maximum absolute atomic E-state index is 7.41. The first-order valence-electron chi connectivity index (χ1n) is 34.5. The molecular formula is C58H79B37. The molecule has 0 heterocycles. The number of hydrogen-bond acceptors (Lipinski definition) is 0. The highest BCUT2D eigenvalue weighted by Crippen LogP contribution is 2.31. The van der Waals surface area contributed by atoms with Gasteiger partial charge in [-0.15, -0.1) is 122 Å². The predicted molar refractivity (Wildman–Crippen MR) is 498 cm³/mol. The fourth-order valence-electron chi connectivity index (χ4n) is 19.5. The molecule has 0 aliphatic rings. The zero-order valence-electron chi connectivity index (χ0n) is 61.8. The Morgan fingerprint density at radius 2 is 0.232 bits per heavy atom. The van der Waals surface area contributed by atoms with Gasteiger partial charge in [-0.3, -0.25) is 0 Å². The fourth-order valence-corrected chi connectivity index (χ4v) is 19.5. The summed E-state index contributed by atoms with van der Waals surface area (Å²) in [7, 11) is 0. The molecule has 0 radical (unpaired) electrons. The number of rotatable bonds is 36. The van der Waals surface area contributed by atoms with Crippen molar-refractivity contribution in [3.8, 4) is 233 Å². The molecule has 0 aliphatic heterocycles. The van der Waals surface area contributed by atoms with Crippen LogP contribution in [0.25, 0.3) is 0 Å². The van der Waals surface area contributed by atoms with Gasteiger partial charge in [-0.2, -0.15) is 111 Å². The molecule has 0 aromatic carbocycles. The molecule has 0 aromatic rings. The molecule has 0 atom stereocenters. The van der Waals surface area contributed by atoms with Gasteiger partial charge in [0.2, 0.25) is 0 Å². The van der Waals surface area contributed by atoms with Gasteiger partial charge in [-0.05, 0) is 0 Å². The standard InChI is InChI=1S/C58H79B37/c1-40-69(41-2)83(68(38)39)90(82(66(34)35)67(36)37)94(91(84(70(42-3)43-4)71(44-5)45-6)85(72(46-7)47-8)73(48-9)49-10)95(92(86(74(50-11)51-12)75(52-13)53-14)87(76(54-15)55-16)77(56-17)57-18)93(88(78(58-19)59(20)21)79(60(22)23)61(24)25)89(80(62(26)27)63(28)29)81(64(30)31)65(32)33/h1-19H,20-39H3. The van der Waals surface area contributed by atoms with Gasteiger partial charge in [0.15, 0.2) is 0 Å². The van der Waals surface area contributed by atoms with Crippen molar-refractivity contribution in [1.82, 2.24) is 0 Å². The number of hydrogen-bond donors (Lipinski definition) is 0. The van der Waals surface area contributed by atoms with Crippen LogP contribution >= 0.6 is 0 Å². The molecule has 0 fully saturated rings. The normalized spacial score (nSPS) is 8.64. The Balaban J connectivity index is 14.4. The highest BCUT2D eigenvalue weighted by atomic mass is 13.6. The molecule has 0 aromatic heterocycles. The first kappa shape index (κ1) is 89.0. The van der Waals surface area contributed by atoms with Crippen molar-refractivity contribution in [1.29, 1.82) is 0 Å². The molecule has 0 unspecified atom stereocenters. The molecule has 37 heteroatoms. The second kappa shape index (κ2) is 43.4. The van der Waals surface area contributed by atoms with Crippen LogP contribution in [0.4, 0.5) is 0 Å². The van der Waals surface area contributed by atoms with Gasteiger partial charge in [-0.1, -0.05) is 136 Å². The smallest absolute Gasteiger partial charge is 0.178 e. The lowest BCUT2D eigenvalue weighted by atomic mass is 8.23. The molecule has 0 amide bonds. The average molecular weight is 1180 g/mol. The van der Waals surface area contributed by atoms with Crippen LogP contribution in [0.5, 0.6) is 0 Å². The minimum atomic E-state index is -1.18. The number of terminal acetylenes is 19. The van der Waals surface area contributed by atoms with Crippen LogP contribution in [0.15, 0.2) is 0 Å². The highest BCUT2D eigenvalue weighted by Gasteiger charge is 2.71. The van der Waals surface area contributed by atoms with Crippen molar-refractivity contribution >= 4 is 241 Å². The van der Waals surface area contributed by atoms with E-state index in [9.17, 15) is 0 Å². The third-order valence-corrected chi connectivity index (χ3v) is 22.1. The summed E-state index contributed by atoms with van der Waals surface area (Å²) in [5.41, 5.74) is 0. The lowest BCUT2D eigenvalue weighted by Gasteiger charge is -2.57. The SMILES string of the molecule is C#CB(C#C)B(B(C)C)B(B(B(C)C)B(C)C)B(B(B(B(C#C)C#C)B(C#C)C#C)B(B(C#C)C#C)B(C#C)C#C)B(B(B(B(C#C)C#C)B(C#C)C#C)B(B(C#C)C#C)B(C#C)C#C)B(B(B(C#C)B(C)C)B(B(C)C)B(C)C)B(B(B(C)C)B(C)C)B(B(C)C)B(C)C. The van der Waals surface area contributed by atoms with E-state index in [1.165, 1.54) is 0 Å². The van der Waals surface area contributed by atoms with E-state index >= 15 is 0 Å². The van der Waals surface area contributed by atoms with Crippen LogP contribution in [0.2, 0.25) is 136 Å². The zero-order chi connectivity index (χ0) is 73.8. The van der Waals surface area contributed by atoms with Crippen molar-refractivity contribution in [2.24, 2.45) is 0 Å². The van der Waals surface area contributed by atoms with Crippen molar-refractivity contribution < 1.29 is 0 Å². The summed E-state index contributed by atoms with van der Waals surface area (Å²) in [5.74, 6) is 58.7. The second-order valence-electron chi connectivity index (χ2n) is 30.2. The summed E-state index contributed by atoms with van der Waals surface area (Å²) in [6.45, 7) is 33.6.